The maximum atomic E-state index is 12.3. The van der Waals surface area contributed by atoms with Crippen molar-refractivity contribution in [2.75, 3.05) is 0 Å². The maximum absolute atomic E-state index is 12.3. The van der Waals surface area contributed by atoms with Crippen LogP contribution in [-0.2, 0) is 11.2 Å². The van der Waals surface area contributed by atoms with Gasteiger partial charge in [0.25, 0.3) is 0 Å². The Morgan fingerprint density at radius 2 is 2.17 bits per heavy atom. The van der Waals surface area contributed by atoms with Crippen molar-refractivity contribution >= 4 is 22.6 Å². The molecule has 2 atom stereocenters. The quantitative estimate of drug-likeness (QED) is 0.875. The van der Waals surface area contributed by atoms with Crippen molar-refractivity contribution in [1.29, 1.82) is 0 Å². The van der Waals surface area contributed by atoms with Crippen molar-refractivity contribution < 1.29 is 9.32 Å². The Bertz CT molecular complexity index is 836. The minimum atomic E-state index is -0.147. The van der Waals surface area contributed by atoms with Crippen LogP contribution in [0, 0.1) is 16.7 Å². The molecule has 2 aliphatic carbocycles. The van der Waals surface area contributed by atoms with Gasteiger partial charge in [0.1, 0.15) is 5.69 Å². The van der Waals surface area contributed by atoms with Crippen molar-refractivity contribution in [2.24, 2.45) is 21.8 Å². The van der Waals surface area contributed by atoms with E-state index in [4.69, 9.17) is 4.52 Å². The topological polar surface area (TPSA) is 67.5 Å². The Morgan fingerprint density at radius 1 is 1.38 bits per heavy atom. The Morgan fingerprint density at radius 3 is 2.88 bits per heavy atom. The summed E-state index contributed by atoms with van der Waals surface area (Å²) in [5, 5.41) is 9.38. The summed E-state index contributed by atoms with van der Waals surface area (Å²) in [5.41, 5.74) is 5.61. The van der Waals surface area contributed by atoms with Gasteiger partial charge in [-0.2, -0.15) is 5.10 Å². The first-order valence-electron chi connectivity index (χ1n) is 8.61. The average molecular weight is 325 g/mol. The summed E-state index contributed by atoms with van der Waals surface area (Å²) in [7, 11) is 0. The number of hydrogen-bond acceptors (Lipinski definition) is 4. The predicted molar refractivity (Wildman–Crippen MR) is 92.5 cm³/mol. The number of benzene rings is 1. The van der Waals surface area contributed by atoms with Gasteiger partial charge in [0.2, 0.25) is 5.91 Å². The van der Waals surface area contributed by atoms with Gasteiger partial charge in [0, 0.05) is 16.5 Å². The zero-order valence-electron chi connectivity index (χ0n) is 14.4. The molecular weight excluding hydrogens is 302 g/mol. The van der Waals surface area contributed by atoms with E-state index < -0.39 is 0 Å². The van der Waals surface area contributed by atoms with Gasteiger partial charge in [0.15, 0.2) is 5.58 Å². The van der Waals surface area contributed by atoms with Crippen LogP contribution >= 0.6 is 0 Å². The number of aromatic nitrogens is 1. The molecule has 1 amide bonds. The summed E-state index contributed by atoms with van der Waals surface area (Å²) in [4.78, 5) is 12.3. The molecule has 2 aromatic rings. The van der Waals surface area contributed by atoms with E-state index in [1.54, 1.807) is 0 Å². The Balaban J connectivity index is 1.48. The Kier molecular flexibility index (Phi) is 3.31. The zero-order chi connectivity index (χ0) is 16.9. The average Bonchev–Trinajstić information content (AvgIpc) is 3.12. The van der Waals surface area contributed by atoms with Crippen LogP contribution in [-0.4, -0.2) is 16.8 Å². The lowest BCUT2D eigenvalue weighted by molar-refractivity contribution is -0.120. The number of fused-ring (bicyclic) bond motifs is 3. The molecule has 1 aromatic carbocycles. The van der Waals surface area contributed by atoms with Gasteiger partial charge in [-0.3, -0.25) is 4.79 Å². The van der Waals surface area contributed by atoms with E-state index in [9.17, 15) is 4.79 Å². The van der Waals surface area contributed by atoms with Crippen molar-refractivity contribution in [3.8, 4) is 0 Å². The van der Waals surface area contributed by atoms with Crippen LogP contribution in [0.3, 0.4) is 0 Å². The monoisotopic (exact) mass is 325 g/mol. The van der Waals surface area contributed by atoms with Crippen LogP contribution in [0.5, 0.6) is 0 Å². The van der Waals surface area contributed by atoms with E-state index >= 15 is 0 Å². The first kappa shape index (κ1) is 15.4. The largest absolute Gasteiger partial charge is 0.356 e. The van der Waals surface area contributed by atoms with Gasteiger partial charge < -0.3 is 4.52 Å². The predicted octanol–water partition coefficient (Wildman–Crippen LogP) is 3.69. The first-order valence-corrected chi connectivity index (χ1v) is 8.61. The summed E-state index contributed by atoms with van der Waals surface area (Å²) in [6.45, 7) is 6.95. The molecule has 2 bridgehead atoms. The molecule has 2 saturated carbocycles. The Labute approximate surface area is 141 Å². The van der Waals surface area contributed by atoms with Crippen LogP contribution in [0.1, 0.15) is 45.7 Å². The fourth-order valence-electron chi connectivity index (χ4n) is 4.48. The molecule has 0 saturated heterocycles. The van der Waals surface area contributed by atoms with Gasteiger partial charge in [-0.25, -0.2) is 5.43 Å². The highest BCUT2D eigenvalue weighted by atomic mass is 16.5. The molecule has 2 fully saturated rings. The number of nitrogens with zero attached hydrogens (tertiary/aromatic N) is 2. The SMILES string of the molecule is CC1(C)[C@H]2CC[C@]1(C)/C(=N/NC(=O)Cc1noc3ccccc13)C2. The van der Waals surface area contributed by atoms with E-state index in [2.05, 4.69) is 36.5 Å². The van der Waals surface area contributed by atoms with Crippen LogP contribution in [0.2, 0.25) is 0 Å². The van der Waals surface area contributed by atoms with Crippen LogP contribution in [0.25, 0.3) is 11.0 Å². The summed E-state index contributed by atoms with van der Waals surface area (Å²) in [5.74, 6) is 0.531. The molecule has 2 aliphatic rings. The second-order valence-corrected chi connectivity index (χ2v) is 7.89. The van der Waals surface area contributed by atoms with Gasteiger partial charge in [0.05, 0.1) is 6.42 Å². The standard InChI is InChI=1S/C19H23N3O2/c1-18(2)12-8-9-19(18,3)16(10-12)20-21-17(23)11-14-13-6-4-5-7-15(13)24-22-14/h4-7,12H,8-11H2,1-3H3,(H,21,23)/b20-16+/t12-,19+/m0/s1. The van der Waals surface area contributed by atoms with Crippen LogP contribution in [0.4, 0.5) is 0 Å². The van der Waals surface area contributed by atoms with Crippen LogP contribution in [0.15, 0.2) is 33.9 Å². The third-order valence-corrected chi connectivity index (χ3v) is 6.61. The lowest BCUT2D eigenvalue weighted by Crippen LogP contribution is -2.34. The zero-order valence-corrected chi connectivity index (χ0v) is 14.4. The van der Waals surface area contributed by atoms with Gasteiger partial charge in [-0.1, -0.05) is 38.1 Å². The Hall–Kier alpha value is -2.17. The third kappa shape index (κ3) is 2.10. The fourth-order valence-corrected chi connectivity index (χ4v) is 4.48. The number of rotatable bonds is 3. The van der Waals surface area contributed by atoms with E-state index in [-0.39, 0.29) is 23.2 Å². The number of carbonyl (C=O) groups excluding carboxylic acids is 1. The molecule has 5 nitrogen and oxygen atoms in total. The third-order valence-electron chi connectivity index (χ3n) is 6.61. The summed E-state index contributed by atoms with van der Waals surface area (Å²) in [6, 6.07) is 7.57. The smallest absolute Gasteiger partial charge is 0.246 e. The molecule has 0 unspecified atom stereocenters. The van der Waals surface area contributed by atoms with E-state index in [1.165, 1.54) is 6.42 Å². The van der Waals surface area contributed by atoms with E-state index in [1.807, 2.05) is 24.3 Å². The van der Waals surface area contributed by atoms with Crippen molar-refractivity contribution in [1.82, 2.24) is 10.6 Å². The highest BCUT2D eigenvalue weighted by Crippen LogP contribution is 2.63. The van der Waals surface area contributed by atoms with Crippen molar-refractivity contribution in [3.63, 3.8) is 0 Å². The van der Waals surface area contributed by atoms with Gasteiger partial charge >= 0.3 is 0 Å². The minimum absolute atomic E-state index is 0.103. The number of hydrogen-bond donors (Lipinski definition) is 1. The molecule has 4 rings (SSSR count). The summed E-state index contributed by atoms with van der Waals surface area (Å²) >= 11 is 0. The molecule has 5 heteroatoms. The van der Waals surface area contributed by atoms with E-state index in [0.717, 1.165) is 23.9 Å². The molecule has 1 aromatic heterocycles. The molecule has 126 valence electrons. The number of hydrazone groups is 1. The minimum Gasteiger partial charge on any atom is -0.356 e. The molecule has 1 heterocycles. The second kappa shape index (κ2) is 5.16. The molecule has 24 heavy (non-hydrogen) atoms. The summed E-state index contributed by atoms with van der Waals surface area (Å²) in [6.07, 6.45) is 3.60. The summed E-state index contributed by atoms with van der Waals surface area (Å²) < 4.78 is 5.25. The van der Waals surface area contributed by atoms with Gasteiger partial charge in [-0.05, 0) is 42.7 Å². The lowest BCUT2D eigenvalue weighted by atomic mass is 9.70. The second-order valence-electron chi connectivity index (χ2n) is 7.89. The fraction of sp³-hybridized carbons (Fsp3) is 0.526. The molecule has 0 aliphatic heterocycles. The molecule has 1 N–H and O–H groups in total. The first-order chi connectivity index (χ1) is 11.4. The molecular formula is C19H23N3O2. The van der Waals surface area contributed by atoms with Crippen molar-refractivity contribution in [2.45, 2.75) is 46.5 Å². The van der Waals surface area contributed by atoms with Crippen LogP contribution < -0.4 is 5.43 Å². The van der Waals surface area contributed by atoms with Crippen molar-refractivity contribution in [3.05, 3.63) is 30.0 Å². The highest BCUT2D eigenvalue weighted by molar-refractivity contribution is 5.95. The lowest BCUT2D eigenvalue weighted by Gasteiger charge is -2.34. The molecule has 0 radical (unpaired) electrons. The number of amides is 1. The molecule has 0 spiro atoms. The maximum Gasteiger partial charge on any atom is 0.246 e. The number of para-hydroxylation sites is 1. The van der Waals surface area contributed by atoms with E-state index in [0.29, 0.717) is 17.2 Å². The number of nitrogens with one attached hydrogen (secondary N) is 1. The normalized spacial score (nSPS) is 29.5. The highest BCUT2D eigenvalue weighted by Gasteiger charge is 2.59. The van der Waals surface area contributed by atoms with Gasteiger partial charge in [-0.15, -0.1) is 0 Å². The number of carbonyl (C=O) groups is 1.